The van der Waals surface area contributed by atoms with Crippen molar-refractivity contribution in [3.63, 3.8) is 0 Å². The van der Waals surface area contributed by atoms with Crippen molar-refractivity contribution < 1.29 is 9.53 Å². The van der Waals surface area contributed by atoms with E-state index < -0.39 is 5.69 Å². The minimum absolute atomic E-state index is 0.195. The number of hydrogen-bond acceptors (Lipinski definition) is 5. The van der Waals surface area contributed by atoms with Gasteiger partial charge in [-0.2, -0.15) is 5.10 Å². The van der Waals surface area contributed by atoms with Crippen LogP contribution in [0.2, 0.25) is 0 Å². The number of rotatable bonds is 5. The maximum absolute atomic E-state index is 12.9. The van der Waals surface area contributed by atoms with E-state index in [9.17, 15) is 9.59 Å². The number of fused-ring (bicyclic) bond motifs is 3. The van der Waals surface area contributed by atoms with Crippen molar-refractivity contribution in [2.75, 3.05) is 12.4 Å². The Hall–Kier alpha value is -4.40. The number of para-hydroxylation sites is 1. The Morgan fingerprint density at radius 2 is 1.76 bits per heavy atom. The fourth-order valence-electron chi connectivity index (χ4n) is 3.87. The Morgan fingerprint density at radius 3 is 2.45 bits per heavy atom. The molecule has 0 unspecified atom stereocenters. The van der Waals surface area contributed by atoms with Crippen LogP contribution in [0.3, 0.4) is 0 Å². The Balaban J connectivity index is 1.48. The molecule has 166 valence electrons. The first kappa shape index (κ1) is 20.5. The second-order valence-electron chi connectivity index (χ2n) is 7.83. The average Bonchev–Trinajstić information content (AvgIpc) is 3.38. The lowest BCUT2D eigenvalue weighted by Crippen LogP contribution is -2.28. The third-order valence-corrected chi connectivity index (χ3v) is 5.62. The number of anilines is 1. The molecule has 0 radical (unpaired) electrons. The molecule has 0 bridgehead atoms. The van der Waals surface area contributed by atoms with Crippen LogP contribution in [0.25, 0.3) is 22.4 Å². The number of amides is 1. The highest BCUT2D eigenvalue weighted by atomic mass is 16.5. The summed E-state index contributed by atoms with van der Waals surface area (Å²) >= 11 is 0. The van der Waals surface area contributed by atoms with Gasteiger partial charge in [0.15, 0.2) is 5.65 Å². The number of ether oxygens (including phenoxy) is 1. The second-order valence-corrected chi connectivity index (χ2v) is 7.83. The zero-order valence-electron chi connectivity index (χ0n) is 18.4. The molecule has 9 heteroatoms. The molecule has 3 aromatic heterocycles. The van der Waals surface area contributed by atoms with E-state index in [4.69, 9.17) is 4.74 Å². The van der Waals surface area contributed by atoms with Crippen molar-refractivity contribution in [3.8, 4) is 17.0 Å². The summed E-state index contributed by atoms with van der Waals surface area (Å²) in [7, 11) is 1.62. The van der Waals surface area contributed by atoms with Crippen molar-refractivity contribution >= 4 is 22.8 Å². The van der Waals surface area contributed by atoms with E-state index >= 15 is 0 Å². The number of methoxy groups -OCH3 is 1. The Morgan fingerprint density at radius 1 is 1.03 bits per heavy atom. The zero-order valence-corrected chi connectivity index (χ0v) is 18.4. The third kappa shape index (κ3) is 3.63. The first-order valence-corrected chi connectivity index (χ1v) is 10.4. The first-order chi connectivity index (χ1) is 15.9. The topological polar surface area (TPSA) is 94.9 Å². The van der Waals surface area contributed by atoms with Crippen molar-refractivity contribution in [1.29, 1.82) is 0 Å². The fraction of sp³-hybridized carbons (Fsp3) is 0.167. The summed E-state index contributed by atoms with van der Waals surface area (Å²) in [5.41, 5.74) is 5.00. The maximum Gasteiger partial charge on any atom is 0.350 e. The molecule has 3 heterocycles. The zero-order chi connectivity index (χ0) is 23.1. The molecule has 0 aliphatic carbocycles. The van der Waals surface area contributed by atoms with Crippen LogP contribution >= 0.6 is 0 Å². The van der Waals surface area contributed by atoms with Crippen molar-refractivity contribution in [2.24, 2.45) is 0 Å². The Bertz CT molecular complexity index is 1540. The summed E-state index contributed by atoms with van der Waals surface area (Å²) in [6.45, 7) is 3.66. The molecular formula is C24H22N6O3. The molecule has 0 aliphatic heterocycles. The van der Waals surface area contributed by atoms with E-state index in [2.05, 4.69) is 15.5 Å². The van der Waals surface area contributed by atoms with Gasteiger partial charge in [0.1, 0.15) is 17.8 Å². The van der Waals surface area contributed by atoms with Gasteiger partial charge in [-0.05, 0) is 55.3 Å². The molecule has 1 amide bonds. The molecular weight excluding hydrogens is 420 g/mol. The minimum Gasteiger partial charge on any atom is -0.497 e. The van der Waals surface area contributed by atoms with Crippen LogP contribution in [0, 0.1) is 13.8 Å². The van der Waals surface area contributed by atoms with E-state index in [1.807, 2.05) is 62.4 Å². The molecule has 5 aromatic rings. The maximum atomic E-state index is 12.9. The van der Waals surface area contributed by atoms with E-state index in [0.29, 0.717) is 11.2 Å². The van der Waals surface area contributed by atoms with E-state index in [1.165, 1.54) is 9.08 Å². The van der Waals surface area contributed by atoms with Crippen molar-refractivity contribution in [3.05, 3.63) is 82.5 Å². The minimum atomic E-state index is -0.392. The number of aromatic nitrogens is 5. The van der Waals surface area contributed by atoms with Gasteiger partial charge in [0.25, 0.3) is 0 Å². The summed E-state index contributed by atoms with van der Waals surface area (Å²) in [4.78, 5) is 25.6. The van der Waals surface area contributed by atoms with E-state index in [0.717, 1.165) is 33.8 Å². The van der Waals surface area contributed by atoms with Crippen LogP contribution in [0.1, 0.15) is 11.1 Å². The van der Waals surface area contributed by atoms with Crippen LogP contribution in [-0.4, -0.2) is 36.8 Å². The highest BCUT2D eigenvalue weighted by molar-refractivity contribution is 5.92. The summed E-state index contributed by atoms with van der Waals surface area (Å²) in [5, 5.41) is 11.9. The number of nitrogens with one attached hydrogen (secondary N) is 1. The first-order valence-electron chi connectivity index (χ1n) is 10.4. The van der Waals surface area contributed by atoms with Crippen molar-refractivity contribution in [1.82, 2.24) is 23.8 Å². The number of nitrogens with zero attached hydrogens (tertiary/aromatic N) is 5. The molecule has 0 saturated carbocycles. The number of carbonyl (C=O) groups excluding carboxylic acids is 1. The third-order valence-electron chi connectivity index (χ3n) is 5.62. The molecule has 9 nitrogen and oxygen atoms in total. The Kier molecular flexibility index (Phi) is 4.93. The molecule has 0 spiro atoms. The lowest BCUT2D eigenvalue weighted by Gasteiger charge is -2.10. The highest BCUT2D eigenvalue weighted by Gasteiger charge is 2.16. The lowest BCUT2D eigenvalue weighted by atomic mass is 10.1. The summed E-state index contributed by atoms with van der Waals surface area (Å²) in [5.74, 6) is 0.440. The summed E-state index contributed by atoms with van der Waals surface area (Å²) in [6, 6.07) is 15.2. The van der Waals surface area contributed by atoms with Gasteiger partial charge in [-0.3, -0.25) is 4.79 Å². The monoisotopic (exact) mass is 442 g/mol. The van der Waals surface area contributed by atoms with Gasteiger partial charge in [-0.1, -0.05) is 18.2 Å². The molecule has 0 saturated heterocycles. The highest BCUT2D eigenvalue weighted by Crippen LogP contribution is 2.24. The van der Waals surface area contributed by atoms with Gasteiger partial charge in [-0.25, -0.2) is 18.4 Å². The Labute approximate surface area is 188 Å². The van der Waals surface area contributed by atoms with Crippen LogP contribution in [0.5, 0.6) is 5.75 Å². The van der Waals surface area contributed by atoms with Gasteiger partial charge < -0.3 is 10.1 Å². The molecule has 0 aliphatic rings. The average molecular weight is 442 g/mol. The normalized spacial score (nSPS) is 11.2. The van der Waals surface area contributed by atoms with Crippen LogP contribution < -0.4 is 15.7 Å². The van der Waals surface area contributed by atoms with Crippen LogP contribution in [-0.2, 0) is 11.3 Å². The number of carbonyl (C=O) groups is 1. The fourth-order valence-corrected chi connectivity index (χ4v) is 3.87. The molecule has 1 N–H and O–H groups in total. The molecule has 0 atom stereocenters. The number of benzene rings is 2. The molecule has 5 rings (SSSR count). The predicted octanol–water partition coefficient (Wildman–Crippen LogP) is 3.07. The van der Waals surface area contributed by atoms with Gasteiger partial charge in [0.05, 0.1) is 12.8 Å². The summed E-state index contributed by atoms with van der Waals surface area (Å²) < 4.78 is 9.46. The van der Waals surface area contributed by atoms with Crippen molar-refractivity contribution in [2.45, 2.75) is 20.4 Å². The van der Waals surface area contributed by atoms with Gasteiger partial charge >= 0.3 is 5.69 Å². The molecule has 0 fully saturated rings. The summed E-state index contributed by atoms with van der Waals surface area (Å²) in [6.07, 6.45) is 3.29. The molecule has 2 aromatic carbocycles. The SMILES string of the molecule is COc1ccc(-c2cc3c4nn(CC(=O)Nc5c(C)cccc5C)c(=O)n4ccn3n2)cc1. The standard InChI is InChI=1S/C24H22N6O3/c1-15-5-4-6-16(2)22(15)25-21(31)14-30-24(32)28-11-12-29-20(23(28)27-30)13-19(26-29)17-7-9-18(33-3)10-8-17/h4-13H,14H2,1-3H3,(H,25,31). The van der Waals surface area contributed by atoms with Gasteiger partial charge in [0.2, 0.25) is 5.91 Å². The smallest absolute Gasteiger partial charge is 0.350 e. The second kappa shape index (κ2) is 7.94. The van der Waals surface area contributed by atoms with Gasteiger partial charge in [0, 0.05) is 23.6 Å². The van der Waals surface area contributed by atoms with E-state index in [-0.39, 0.29) is 12.5 Å². The van der Waals surface area contributed by atoms with Crippen LogP contribution in [0.15, 0.2) is 65.7 Å². The van der Waals surface area contributed by atoms with Gasteiger partial charge in [-0.15, -0.1) is 5.10 Å². The number of aryl methyl sites for hydroxylation is 2. The van der Waals surface area contributed by atoms with E-state index in [1.54, 1.807) is 24.0 Å². The molecule has 33 heavy (non-hydrogen) atoms. The quantitative estimate of drug-likeness (QED) is 0.451. The predicted molar refractivity (Wildman–Crippen MR) is 125 cm³/mol. The van der Waals surface area contributed by atoms with Crippen LogP contribution in [0.4, 0.5) is 5.69 Å². The lowest BCUT2D eigenvalue weighted by molar-refractivity contribution is -0.117. The largest absolute Gasteiger partial charge is 0.497 e. The number of hydrogen-bond donors (Lipinski definition) is 1.